The SMILES string of the molecule is CCCCC(CC)Cn1cccc1CN. The number of hydrogen-bond acceptors (Lipinski definition) is 1. The molecule has 0 spiro atoms. The van der Waals surface area contributed by atoms with Crippen LogP contribution in [0.15, 0.2) is 18.3 Å². The highest BCUT2D eigenvalue weighted by Crippen LogP contribution is 2.16. The highest BCUT2D eigenvalue weighted by molar-refractivity contribution is 5.06. The van der Waals surface area contributed by atoms with E-state index >= 15 is 0 Å². The predicted molar refractivity (Wildman–Crippen MR) is 65.6 cm³/mol. The van der Waals surface area contributed by atoms with E-state index in [0.717, 1.165) is 12.5 Å². The molecule has 0 aliphatic heterocycles. The minimum Gasteiger partial charge on any atom is -0.350 e. The summed E-state index contributed by atoms with van der Waals surface area (Å²) in [7, 11) is 0. The molecular formula is C13H24N2. The molecule has 1 heterocycles. The van der Waals surface area contributed by atoms with Crippen LogP contribution in [0.2, 0.25) is 0 Å². The van der Waals surface area contributed by atoms with E-state index in [1.165, 1.54) is 31.4 Å². The molecule has 1 rings (SSSR count). The summed E-state index contributed by atoms with van der Waals surface area (Å²) >= 11 is 0. The van der Waals surface area contributed by atoms with E-state index in [4.69, 9.17) is 5.73 Å². The molecule has 0 bridgehead atoms. The summed E-state index contributed by atoms with van der Waals surface area (Å²) in [5.41, 5.74) is 6.95. The Kier molecular flexibility index (Phi) is 5.48. The third-order valence-corrected chi connectivity index (χ3v) is 3.13. The Bertz CT molecular complexity index is 265. The lowest BCUT2D eigenvalue weighted by molar-refractivity contribution is 0.386. The maximum absolute atomic E-state index is 5.69. The lowest BCUT2D eigenvalue weighted by Crippen LogP contribution is -2.13. The molecule has 1 aromatic heterocycles. The fraction of sp³-hybridized carbons (Fsp3) is 0.692. The number of nitrogens with two attached hydrogens (primary N) is 1. The molecule has 0 radical (unpaired) electrons. The van der Waals surface area contributed by atoms with Crippen LogP contribution in [-0.4, -0.2) is 4.57 Å². The number of aromatic nitrogens is 1. The van der Waals surface area contributed by atoms with Gasteiger partial charge in [0.15, 0.2) is 0 Å². The molecule has 0 saturated heterocycles. The van der Waals surface area contributed by atoms with Gasteiger partial charge in [0.2, 0.25) is 0 Å². The molecule has 2 nitrogen and oxygen atoms in total. The monoisotopic (exact) mass is 208 g/mol. The number of nitrogens with zero attached hydrogens (tertiary/aromatic N) is 1. The third kappa shape index (κ3) is 3.71. The van der Waals surface area contributed by atoms with Crippen molar-refractivity contribution in [1.29, 1.82) is 0 Å². The zero-order chi connectivity index (χ0) is 11.1. The summed E-state index contributed by atoms with van der Waals surface area (Å²) in [4.78, 5) is 0. The van der Waals surface area contributed by atoms with Gasteiger partial charge < -0.3 is 10.3 Å². The molecule has 0 aromatic carbocycles. The zero-order valence-corrected chi connectivity index (χ0v) is 10.1. The predicted octanol–water partition coefficient (Wildman–Crippen LogP) is 3.16. The second-order valence-corrected chi connectivity index (χ2v) is 4.27. The summed E-state index contributed by atoms with van der Waals surface area (Å²) < 4.78 is 2.31. The van der Waals surface area contributed by atoms with Gasteiger partial charge in [0.1, 0.15) is 0 Å². The molecule has 0 aliphatic carbocycles. The van der Waals surface area contributed by atoms with Gasteiger partial charge in [0.05, 0.1) is 0 Å². The summed E-state index contributed by atoms with van der Waals surface area (Å²) in [5.74, 6) is 0.808. The lowest BCUT2D eigenvalue weighted by atomic mass is 9.99. The Hall–Kier alpha value is -0.760. The van der Waals surface area contributed by atoms with E-state index in [-0.39, 0.29) is 0 Å². The summed E-state index contributed by atoms with van der Waals surface area (Å²) in [6, 6.07) is 4.21. The first-order chi connectivity index (χ1) is 7.31. The maximum atomic E-state index is 5.69. The zero-order valence-electron chi connectivity index (χ0n) is 10.1. The fourth-order valence-corrected chi connectivity index (χ4v) is 2.01. The maximum Gasteiger partial charge on any atom is 0.0334 e. The van der Waals surface area contributed by atoms with Crippen molar-refractivity contribution in [3.05, 3.63) is 24.0 Å². The van der Waals surface area contributed by atoms with E-state index in [2.05, 4.69) is 36.7 Å². The van der Waals surface area contributed by atoms with Crippen LogP contribution in [0.4, 0.5) is 0 Å². The van der Waals surface area contributed by atoms with Gasteiger partial charge in [-0.2, -0.15) is 0 Å². The Labute approximate surface area is 93.5 Å². The highest BCUT2D eigenvalue weighted by atomic mass is 15.0. The fourth-order valence-electron chi connectivity index (χ4n) is 2.01. The molecule has 0 saturated carbocycles. The van der Waals surface area contributed by atoms with Gasteiger partial charge in [0.25, 0.3) is 0 Å². The second-order valence-electron chi connectivity index (χ2n) is 4.27. The molecule has 86 valence electrons. The van der Waals surface area contributed by atoms with E-state index in [1.54, 1.807) is 0 Å². The molecule has 0 amide bonds. The van der Waals surface area contributed by atoms with Crippen molar-refractivity contribution in [3.63, 3.8) is 0 Å². The van der Waals surface area contributed by atoms with Gasteiger partial charge >= 0.3 is 0 Å². The second kappa shape index (κ2) is 6.67. The van der Waals surface area contributed by atoms with Crippen molar-refractivity contribution in [2.24, 2.45) is 11.7 Å². The molecule has 0 fully saturated rings. The molecule has 15 heavy (non-hydrogen) atoms. The van der Waals surface area contributed by atoms with Gasteiger partial charge in [-0.15, -0.1) is 0 Å². The normalized spacial score (nSPS) is 13.0. The number of hydrogen-bond donors (Lipinski definition) is 1. The van der Waals surface area contributed by atoms with Crippen LogP contribution in [0.1, 0.15) is 45.2 Å². The number of unbranched alkanes of at least 4 members (excludes halogenated alkanes) is 1. The molecule has 1 aromatic rings. The Morgan fingerprint density at radius 3 is 2.80 bits per heavy atom. The van der Waals surface area contributed by atoms with Crippen molar-refractivity contribution in [1.82, 2.24) is 4.57 Å². The first kappa shape index (κ1) is 12.3. The van der Waals surface area contributed by atoms with Crippen molar-refractivity contribution in [2.75, 3.05) is 0 Å². The topological polar surface area (TPSA) is 30.9 Å². The van der Waals surface area contributed by atoms with Gasteiger partial charge in [-0.05, 0) is 24.5 Å². The molecule has 0 aliphatic rings. The Morgan fingerprint density at radius 1 is 1.40 bits per heavy atom. The van der Waals surface area contributed by atoms with Crippen LogP contribution in [0.25, 0.3) is 0 Å². The summed E-state index contributed by atoms with van der Waals surface area (Å²) in [5, 5.41) is 0. The molecule has 1 unspecified atom stereocenters. The van der Waals surface area contributed by atoms with Crippen LogP contribution < -0.4 is 5.73 Å². The third-order valence-electron chi connectivity index (χ3n) is 3.13. The van der Waals surface area contributed by atoms with Gasteiger partial charge in [-0.1, -0.05) is 33.1 Å². The van der Waals surface area contributed by atoms with Crippen molar-refractivity contribution in [2.45, 2.75) is 52.6 Å². The molecule has 2 heteroatoms. The Balaban J connectivity index is 2.50. The van der Waals surface area contributed by atoms with Crippen LogP contribution in [0.3, 0.4) is 0 Å². The van der Waals surface area contributed by atoms with Crippen LogP contribution in [-0.2, 0) is 13.1 Å². The standard InChI is InChI=1S/C13H24N2/c1-3-5-7-12(4-2)11-15-9-6-8-13(15)10-14/h6,8-9,12H,3-5,7,10-11,14H2,1-2H3. The van der Waals surface area contributed by atoms with Gasteiger partial charge in [0, 0.05) is 25.0 Å². The minimum atomic E-state index is 0.650. The van der Waals surface area contributed by atoms with Crippen LogP contribution in [0, 0.1) is 5.92 Å². The van der Waals surface area contributed by atoms with Crippen molar-refractivity contribution >= 4 is 0 Å². The highest BCUT2D eigenvalue weighted by Gasteiger charge is 2.08. The quantitative estimate of drug-likeness (QED) is 0.733. The van der Waals surface area contributed by atoms with E-state index < -0.39 is 0 Å². The van der Waals surface area contributed by atoms with Crippen LogP contribution in [0.5, 0.6) is 0 Å². The average molecular weight is 208 g/mol. The van der Waals surface area contributed by atoms with Gasteiger partial charge in [-0.3, -0.25) is 0 Å². The largest absolute Gasteiger partial charge is 0.350 e. The molecular weight excluding hydrogens is 184 g/mol. The summed E-state index contributed by atoms with van der Waals surface area (Å²) in [6.07, 6.45) is 7.40. The van der Waals surface area contributed by atoms with Crippen LogP contribution >= 0.6 is 0 Å². The van der Waals surface area contributed by atoms with E-state index in [1.807, 2.05) is 0 Å². The molecule has 2 N–H and O–H groups in total. The van der Waals surface area contributed by atoms with E-state index in [0.29, 0.717) is 6.54 Å². The van der Waals surface area contributed by atoms with Gasteiger partial charge in [-0.25, -0.2) is 0 Å². The average Bonchev–Trinajstić information content (AvgIpc) is 2.71. The molecule has 1 atom stereocenters. The smallest absolute Gasteiger partial charge is 0.0334 e. The number of rotatable bonds is 7. The van der Waals surface area contributed by atoms with Crippen molar-refractivity contribution in [3.8, 4) is 0 Å². The lowest BCUT2D eigenvalue weighted by Gasteiger charge is -2.17. The van der Waals surface area contributed by atoms with E-state index in [9.17, 15) is 0 Å². The minimum absolute atomic E-state index is 0.650. The first-order valence-corrected chi connectivity index (χ1v) is 6.15. The summed E-state index contributed by atoms with van der Waals surface area (Å²) in [6.45, 7) is 6.33. The van der Waals surface area contributed by atoms with Crippen molar-refractivity contribution < 1.29 is 0 Å². The first-order valence-electron chi connectivity index (χ1n) is 6.15. The Morgan fingerprint density at radius 2 is 2.20 bits per heavy atom.